The predicted octanol–water partition coefficient (Wildman–Crippen LogP) is 2.20. The molecule has 1 saturated heterocycles. The summed E-state index contributed by atoms with van der Waals surface area (Å²) in [6.07, 6.45) is 1.42. The van der Waals surface area contributed by atoms with Crippen LogP contribution in [0.5, 0.6) is 0 Å². The van der Waals surface area contributed by atoms with Gasteiger partial charge in [-0.1, -0.05) is 11.2 Å². The number of thiophene rings is 1. The van der Waals surface area contributed by atoms with Crippen molar-refractivity contribution in [2.24, 2.45) is 0 Å². The van der Waals surface area contributed by atoms with Crippen LogP contribution in [0.2, 0.25) is 0 Å². The number of hydrogen-bond acceptors (Lipinski definition) is 8. The third kappa shape index (κ3) is 3.58. The second kappa shape index (κ2) is 7.22. The molecule has 0 unspecified atom stereocenters. The van der Waals surface area contributed by atoms with Crippen LogP contribution in [-0.2, 0) is 0 Å². The molecule has 8 nitrogen and oxygen atoms in total. The van der Waals surface area contributed by atoms with Crippen LogP contribution in [0.15, 0.2) is 40.5 Å². The van der Waals surface area contributed by atoms with Gasteiger partial charge in [-0.15, -0.1) is 11.3 Å². The molecule has 3 aromatic rings. The van der Waals surface area contributed by atoms with Crippen molar-refractivity contribution in [2.75, 3.05) is 43.4 Å². The van der Waals surface area contributed by atoms with Gasteiger partial charge in [0.2, 0.25) is 5.88 Å². The molecule has 1 aliphatic heterocycles. The van der Waals surface area contributed by atoms with Gasteiger partial charge in [0, 0.05) is 38.3 Å². The number of aromatic nitrogens is 3. The monoisotopic (exact) mass is 370 g/mol. The minimum absolute atomic E-state index is 0.290. The Kier molecular flexibility index (Phi) is 4.63. The summed E-state index contributed by atoms with van der Waals surface area (Å²) in [5.41, 5.74) is 0.985. The van der Waals surface area contributed by atoms with Crippen molar-refractivity contribution in [3.8, 4) is 10.6 Å². The highest BCUT2D eigenvalue weighted by Crippen LogP contribution is 2.26. The summed E-state index contributed by atoms with van der Waals surface area (Å²) < 4.78 is 5.20. The molecule has 134 valence electrons. The molecule has 0 aromatic carbocycles. The highest BCUT2D eigenvalue weighted by Gasteiger charge is 2.18. The zero-order chi connectivity index (χ0) is 17.9. The maximum absolute atomic E-state index is 12.5. The number of nitrogens with one attached hydrogen (secondary N) is 1. The number of carbonyl (C=O) groups is 1. The van der Waals surface area contributed by atoms with Crippen LogP contribution in [0.4, 0.5) is 11.7 Å². The number of nitrogens with zero attached hydrogens (tertiary/aromatic N) is 5. The number of anilines is 2. The summed E-state index contributed by atoms with van der Waals surface area (Å²) >= 11 is 1.56. The van der Waals surface area contributed by atoms with Gasteiger partial charge in [0.1, 0.15) is 23.5 Å². The second-order valence-electron chi connectivity index (χ2n) is 6.06. The summed E-state index contributed by atoms with van der Waals surface area (Å²) in [6, 6.07) is 7.29. The van der Waals surface area contributed by atoms with Crippen LogP contribution >= 0.6 is 11.3 Å². The molecule has 0 atom stereocenters. The van der Waals surface area contributed by atoms with E-state index in [1.165, 1.54) is 6.33 Å². The molecule has 26 heavy (non-hydrogen) atoms. The quantitative estimate of drug-likeness (QED) is 0.753. The zero-order valence-corrected chi connectivity index (χ0v) is 15.1. The molecule has 1 aliphatic rings. The van der Waals surface area contributed by atoms with E-state index in [-0.39, 0.29) is 11.8 Å². The molecule has 0 spiro atoms. The molecular weight excluding hydrogens is 352 g/mol. The molecule has 1 N–H and O–H groups in total. The lowest BCUT2D eigenvalue weighted by molar-refractivity contribution is 0.101. The standard InChI is InChI=1S/C17H18N6O2S/c1-22-4-6-23(7-5-22)15-9-13(18-11-19-15)17(24)20-16-10-12(21-25-16)14-3-2-8-26-14/h2-3,8-11H,4-7H2,1H3,(H,20,24). The Labute approximate surface area is 154 Å². The minimum atomic E-state index is -0.350. The number of piperazine rings is 1. The zero-order valence-electron chi connectivity index (χ0n) is 14.3. The summed E-state index contributed by atoms with van der Waals surface area (Å²) in [6.45, 7) is 3.69. The Balaban J connectivity index is 1.46. The van der Waals surface area contributed by atoms with Crippen LogP contribution in [-0.4, -0.2) is 59.2 Å². The maximum atomic E-state index is 12.5. The smallest absolute Gasteiger partial charge is 0.276 e. The van der Waals surface area contributed by atoms with Crippen molar-refractivity contribution in [3.63, 3.8) is 0 Å². The van der Waals surface area contributed by atoms with E-state index in [1.54, 1.807) is 23.5 Å². The molecule has 0 bridgehead atoms. The first-order valence-corrected chi connectivity index (χ1v) is 9.14. The lowest BCUT2D eigenvalue weighted by atomic mass is 10.3. The Morgan fingerprint density at radius 2 is 2.08 bits per heavy atom. The van der Waals surface area contributed by atoms with E-state index in [1.807, 2.05) is 17.5 Å². The van der Waals surface area contributed by atoms with E-state index in [4.69, 9.17) is 4.52 Å². The first kappa shape index (κ1) is 16.7. The van der Waals surface area contributed by atoms with E-state index in [9.17, 15) is 4.79 Å². The highest BCUT2D eigenvalue weighted by molar-refractivity contribution is 7.13. The lowest BCUT2D eigenvalue weighted by Crippen LogP contribution is -2.44. The van der Waals surface area contributed by atoms with Gasteiger partial charge >= 0.3 is 0 Å². The van der Waals surface area contributed by atoms with E-state index < -0.39 is 0 Å². The van der Waals surface area contributed by atoms with Crippen LogP contribution in [0, 0.1) is 0 Å². The molecule has 0 saturated carbocycles. The number of amides is 1. The summed E-state index contributed by atoms with van der Waals surface area (Å²) in [7, 11) is 2.10. The third-order valence-electron chi connectivity index (χ3n) is 4.23. The minimum Gasteiger partial charge on any atom is -0.354 e. The van der Waals surface area contributed by atoms with Gasteiger partial charge in [-0.25, -0.2) is 9.97 Å². The summed E-state index contributed by atoms with van der Waals surface area (Å²) in [5, 5.41) is 8.64. The van der Waals surface area contributed by atoms with Crippen molar-refractivity contribution in [3.05, 3.63) is 41.7 Å². The Hall–Kier alpha value is -2.78. The average molecular weight is 370 g/mol. The molecule has 1 fully saturated rings. The van der Waals surface area contributed by atoms with Crippen molar-refractivity contribution < 1.29 is 9.32 Å². The fraction of sp³-hybridized carbons (Fsp3) is 0.294. The van der Waals surface area contributed by atoms with Crippen molar-refractivity contribution in [2.45, 2.75) is 0 Å². The third-order valence-corrected chi connectivity index (χ3v) is 5.13. The SMILES string of the molecule is CN1CCN(c2cc(C(=O)Nc3cc(-c4cccs4)no3)ncn2)CC1. The van der Waals surface area contributed by atoms with Crippen molar-refractivity contribution in [1.29, 1.82) is 0 Å². The van der Waals surface area contributed by atoms with Crippen LogP contribution < -0.4 is 10.2 Å². The lowest BCUT2D eigenvalue weighted by Gasteiger charge is -2.33. The van der Waals surface area contributed by atoms with Gasteiger partial charge < -0.3 is 14.3 Å². The Morgan fingerprint density at radius 1 is 1.23 bits per heavy atom. The predicted molar refractivity (Wildman–Crippen MR) is 99.5 cm³/mol. The topological polar surface area (TPSA) is 87.4 Å². The first-order chi connectivity index (χ1) is 12.7. The first-order valence-electron chi connectivity index (χ1n) is 8.26. The number of hydrogen-bond donors (Lipinski definition) is 1. The van der Waals surface area contributed by atoms with Crippen molar-refractivity contribution in [1.82, 2.24) is 20.0 Å². The van der Waals surface area contributed by atoms with E-state index in [2.05, 4.69) is 37.3 Å². The van der Waals surface area contributed by atoms with Crippen LogP contribution in [0.3, 0.4) is 0 Å². The number of likely N-dealkylation sites (N-methyl/N-ethyl adjacent to an activating group) is 1. The molecule has 4 rings (SSSR count). The highest BCUT2D eigenvalue weighted by atomic mass is 32.1. The average Bonchev–Trinajstić information content (AvgIpc) is 3.34. The number of carbonyl (C=O) groups excluding carboxylic acids is 1. The number of rotatable bonds is 4. The molecule has 9 heteroatoms. The van der Waals surface area contributed by atoms with Crippen molar-refractivity contribution >= 4 is 28.9 Å². The van der Waals surface area contributed by atoms with Crippen LogP contribution in [0.1, 0.15) is 10.5 Å². The molecular formula is C17H18N6O2S. The Bertz CT molecular complexity index is 886. The Morgan fingerprint density at radius 3 is 2.85 bits per heavy atom. The van der Waals surface area contributed by atoms with Crippen LogP contribution in [0.25, 0.3) is 10.6 Å². The van der Waals surface area contributed by atoms with Gasteiger partial charge in [-0.05, 0) is 18.5 Å². The molecule has 0 radical (unpaired) electrons. The van der Waals surface area contributed by atoms with E-state index in [0.29, 0.717) is 11.4 Å². The molecule has 0 aliphatic carbocycles. The molecule has 1 amide bonds. The molecule has 3 aromatic heterocycles. The summed E-state index contributed by atoms with van der Waals surface area (Å²) in [5.74, 6) is 0.699. The van der Waals surface area contributed by atoms with E-state index >= 15 is 0 Å². The van der Waals surface area contributed by atoms with E-state index in [0.717, 1.165) is 36.9 Å². The van der Waals surface area contributed by atoms with Gasteiger partial charge in [-0.2, -0.15) is 0 Å². The molecule has 4 heterocycles. The fourth-order valence-corrected chi connectivity index (χ4v) is 3.41. The normalized spacial score (nSPS) is 15.2. The second-order valence-corrected chi connectivity index (χ2v) is 7.01. The summed E-state index contributed by atoms with van der Waals surface area (Å²) in [4.78, 5) is 26.3. The fourth-order valence-electron chi connectivity index (χ4n) is 2.73. The maximum Gasteiger partial charge on any atom is 0.276 e. The van der Waals surface area contributed by atoms with Gasteiger partial charge in [0.05, 0.1) is 4.88 Å². The largest absolute Gasteiger partial charge is 0.354 e. The van der Waals surface area contributed by atoms with Gasteiger partial charge in [-0.3, -0.25) is 10.1 Å². The van der Waals surface area contributed by atoms with Gasteiger partial charge in [0.15, 0.2) is 0 Å². The van der Waals surface area contributed by atoms with Gasteiger partial charge in [0.25, 0.3) is 5.91 Å².